The van der Waals surface area contributed by atoms with Crippen molar-refractivity contribution in [2.24, 2.45) is 0 Å². The van der Waals surface area contributed by atoms with E-state index in [0.29, 0.717) is 0 Å². The minimum absolute atomic E-state index is 0.744. The number of nitrogens with zero attached hydrogens (tertiary/aromatic N) is 1. The van der Waals surface area contributed by atoms with Crippen LogP contribution in [0.25, 0.3) is 20.8 Å². The summed E-state index contributed by atoms with van der Waals surface area (Å²) in [6.07, 6.45) is 0. The van der Waals surface area contributed by atoms with Gasteiger partial charge in [-0.15, -0.1) is 11.3 Å². The van der Waals surface area contributed by atoms with Gasteiger partial charge in [-0.2, -0.15) is 0 Å². The summed E-state index contributed by atoms with van der Waals surface area (Å²) in [5, 5.41) is 0.974. The van der Waals surface area contributed by atoms with Gasteiger partial charge in [-0.1, -0.05) is 31.9 Å². The first kappa shape index (κ1) is 12.1. The molecule has 0 atom stereocenters. The van der Waals surface area contributed by atoms with Gasteiger partial charge in [0, 0.05) is 20.2 Å². The Hall–Kier alpha value is -0.910. The molecule has 2 aromatic carbocycles. The molecule has 2 nitrogen and oxygen atoms in total. The van der Waals surface area contributed by atoms with Crippen molar-refractivity contribution >= 4 is 59.1 Å². The number of nitrogen functional groups attached to an aromatic ring is 1. The molecule has 0 bridgehead atoms. The van der Waals surface area contributed by atoms with E-state index in [0.717, 1.165) is 35.4 Å². The van der Waals surface area contributed by atoms with E-state index in [4.69, 9.17) is 5.73 Å². The summed E-state index contributed by atoms with van der Waals surface area (Å²) in [6, 6.07) is 11.9. The van der Waals surface area contributed by atoms with Crippen LogP contribution in [0.5, 0.6) is 0 Å². The highest BCUT2D eigenvalue weighted by atomic mass is 79.9. The van der Waals surface area contributed by atoms with Gasteiger partial charge in [0.25, 0.3) is 0 Å². The number of rotatable bonds is 1. The Labute approximate surface area is 125 Å². The van der Waals surface area contributed by atoms with Gasteiger partial charge < -0.3 is 5.73 Å². The average Bonchev–Trinajstić information content (AvgIpc) is 2.74. The topological polar surface area (TPSA) is 38.9 Å². The molecule has 0 unspecified atom stereocenters. The van der Waals surface area contributed by atoms with Crippen molar-refractivity contribution < 1.29 is 0 Å². The molecule has 0 spiro atoms. The van der Waals surface area contributed by atoms with E-state index in [1.165, 1.54) is 0 Å². The van der Waals surface area contributed by atoms with E-state index in [2.05, 4.69) is 42.9 Å². The SMILES string of the molecule is Nc1ccc(Br)c(-c2nc3ccc(Br)cc3s2)c1. The Morgan fingerprint density at radius 3 is 2.72 bits per heavy atom. The first-order valence-electron chi connectivity index (χ1n) is 5.25. The van der Waals surface area contributed by atoms with Crippen molar-refractivity contribution in [2.75, 3.05) is 5.73 Å². The van der Waals surface area contributed by atoms with E-state index in [1.807, 2.05) is 30.3 Å². The van der Waals surface area contributed by atoms with E-state index >= 15 is 0 Å². The molecular formula is C13H8Br2N2S. The molecule has 1 heterocycles. The Kier molecular flexibility index (Phi) is 3.13. The monoisotopic (exact) mass is 382 g/mol. The smallest absolute Gasteiger partial charge is 0.125 e. The maximum absolute atomic E-state index is 5.83. The molecule has 0 saturated carbocycles. The third kappa shape index (κ3) is 2.18. The van der Waals surface area contributed by atoms with E-state index in [1.54, 1.807) is 11.3 Å². The molecule has 3 aromatic rings. The number of nitrogens with two attached hydrogens (primary N) is 1. The number of thiazole rings is 1. The minimum Gasteiger partial charge on any atom is -0.399 e. The van der Waals surface area contributed by atoms with Crippen LogP contribution < -0.4 is 5.73 Å². The molecule has 0 aliphatic rings. The molecule has 3 rings (SSSR count). The number of aromatic nitrogens is 1. The Bertz CT molecular complexity index is 737. The van der Waals surface area contributed by atoms with Crippen LogP contribution in [0.15, 0.2) is 45.3 Å². The predicted molar refractivity (Wildman–Crippen MR) is 84.9 cm³/mol. The van der Waals surface area contributed by atoms with Crippen LogP contribution >= 0.6 is 43.2 Å². The first-order chi connectivity index (χ1) is 8.63. The molecule has 90 valence electrons. The second-order valence-corrected chi connectivity index (χ2v) is 6.67. The summed E-state index contributed by atoms with van der Waals surface area (Å²) < 4.78 is 3.24. The Morgan fingerprint density at radius 2 is 1.89 bits per heavy atom. The molecule has 0 aliphatic heterocycles. The maximum atomic E-state index is 5.83. The van der Waals surface area contributed by atoms with Crippen LogP contribution in [0.1, 0.15) is 0 Å². The van der Waals surface area contributed by atoms with Crippen LogP contribution in [-0.2, 0) is 0 Å². The highest BCUT2D eigenvalue weighted by Crippen LogP contribution is 2.36. The largest absolute Gasteiger partial charge is 0.399 e. The lowest BCUT2D eigenvalue weighted by Crippen LogP contribution is -1.86. The van der Waals surface area contributed by atoms with Gasteiger partial charge in [-0.25, -0.2) is 4.98 Å². The van der Waals surface area contributed by atoms with Crippen LogP contribution in [0.3, 0.4) is 0 Å². The van der Waals surface area contributed by atoms with Gasteiger partial charge >= 0.3 is 0 Å². The van der Waals surface area contributed by atoms with E-state index in [-0.39, 0.29) is 0 Å². The zero-order chi connectivity index (χ0) is 12.7. The average molecular weight is 384 g/mol. The van der Waals surface area contributed by atoms with Crippen molar-refractivity contribution in [3.63, 3.8) is 0 Å². The summed E-state index contributed by atoms with van der Waals surface area (Å²) in [4.78, 5) is 4.64. The zero-order valence-electron chi connectivity index (χ0n) is 9.15. The van der Waals surface area contributed by atoms with Gasteiger partial charge in [0.05, 0.1) is 10.2 Å². The van der Waals surface area contributed by atoms with Crippen molar-refractivity contribution in [1.82, 2.24) is 4.98 Å². The molecule has 5 heteroatoms. The van der Waals surface area contributed by atoms with Crippen molar-refractivity contribution in [3.8, 4) is 10.6 Å². The van der Waals surface area contributed by atoms with Crippen molar-refractivity contribution in [2.45, 2.75) is 0 Å². The number of hydrogen-bond acceptors (Lipinski definition) is 3. The highest BCUT2D eigenvalue weighted by Gasteiger charge is 2.10. The summed E-state index contributed by atoms with van der Waals surface area (Å²) in [5.41, 5.74) is 8.62. The third-order valence-electron chi connectivity index (χ3n) is 2.57. The quantitative estimate of drug-likeness (QED) is 0.595. The molecular weight excluding hydrogens is 376 g/mol. The molecule has 1 aromatic heterocycles. The van der Waals surface area contributed by atoms with Gasteiger partial charge in [0.2, 0.25) is 0 Å². The van der Waals surface area contributed by atoms with Gasteiger partial charge in [0.15, 0.2) is 0 Å². The summed E-state index contributed by atoms with van der Waals surface area (Å²) in [6.45, 7) is 0. The number of halogens is 2. The van der Waals surface area contributed by atoms with Crippen molar-refractivity contribution in [1.29, 1.82) is 0 Å². The number of hydrogen-bond donors (Lipinski definition) is 1. The minimum atomic E-state index is 0.744. The maximum Gasteiger partial charge on any atom is 0.125 e. The zero-order valence-corrected chi connectivity index (χ0v) is 13.1. The fourth-order valence-electron chi connectivity index (χ4n) is 1.72. The lowest BCUT2D eigenvalue weighted by Gasteiger charge is -2.01. The second-order valence-electron chi connectivity index (χ2n) is 3.87. The fraction of sp³-hybridized carbons (Fsp3) is 0. The third-order valence-corrected chi connectivity index (χ3v) is 4.81. The molecule has 18 heavy (non-hydrogen) atoms. The summed E-state index contributed by atoms with van der Waals surface area (Å²) in [7, 11) is 0. The molecule has 0 aliphatic carbocycles. The molecule has 0 saturated heterocycles. The van der Waals surface area contributed by atoms with Crippen molar-refractivity contribution in [3.05, 3.63) is 45.3 Å². The fourth-order valence-corrected chi connectivity index (χ4v) is 3.83. The Balaban J connectivity index is 2.22. The number of benzene rings is 2. The lowest BCUT2D eigenvalue weighted by atomic mass is 10.2. The second kappa shape index (κ2) is 4.64. The Morgan fingerprint density at radius 1 is 1.06 bits per heavy atom. The molecule has 2 N–H and O–H groups in total. The summed E-state index contributed by atoms with van der Waals surface area (Å²) in [5.74, 6) is 0. The molecule has 0 amide bonds. The number of anilines is 1. The van der Waals surface area contributed by atoms with E-state index in [9.17, 15) is 0 Å². The standard InChI is InChI=1S/C13H8Br2N2S/c14-7-1-4-11-12(5-7)18-13(17-11)9-6-8(16)2-3-10(9)15/h1-6H,16H2. The van der Waals surface area contributed by atoms with Crippen LogP contribution in [0, 0.1) is 0 Å². The van der Waals surface area contributed by atoms with Crippen LogP contribution in [-0.4, -0.2) is 4.98 Å². The van der Waals surface area contributed by atoms with Gasteiger partial charge in [-0.3, -0.25) is 0 Å². The highest BCUT2D eigenvalue weighted by molar-refractivity contribution is 9.10. The summed E-state index contributed by atoms with van der Waals surface area (Å²) >= 11 is 8.68. The predicted octanol–water partition coefficient (Wildman–Crippen LogP) is 5.07. The first-order valence-corrected chi connectivity index (χ1v) is 7.65. The lowest BCUT2D eigenvalue weighted by molar-refractivity contribution is 1.46. The molecule has 0 radical (unpaired) electrons. The van der Waals surface area contributed by atoms with Crippen LogP contribution in [0.2, 0.25) is 0 Å². The van der Waals surface area contributed by atoms with Gasteiger partial charge in [0.1, 0.15) is 5.01 Å². The van der Waals surface area contributed by atoms with Crippen LogP contribution in [0.4, 0.5) is 5.69 Å². The van der Waals surface area contributed by atoms with Gasteiger partial charge in [-0.05, 0) is 36.4 Å². The normalized spacial score (nSPS) is 11.0. The number of fused-ring (bicyclic) bond motifs is 1. The molecule has 0 fully saturated rings. The van der Waals surface area contributed by atoms with E-state index < -0.39 is 0 Å².